The average Bonchev–Trinajstić information content (AvgIpc) is 2.87. The van der Waals surface area contributed by atoms with Crippen molar-refractivity contribution < 1.29 is 31.3 Å². The van der Waals surface area contributed by atoms with E-state index in [0.717, 1.165) is 23.3 Å². The van der Waals surface area contributed by atoms with Crippen LogP contribution in [0, 0.1) is 17.0 Å². The van der Waals surface area contributed by atoms with Gasteiger partial charge in [-0.15, -0.1) is 0 Å². The van der Waals surface area contributed by atoms with E-state index in [2.05, 4.69) is 37.5 Å². The second-order valence-electron chi connectivity index (χ2n) is 10.5. The Labute approximate surface area is 233 Å². The van der Waals surface area contributed by atoms with Crippen LogP contribution in [-0.4, -0.2) is 37.1 Å². The summed E-state index contributed by atoms with van der Waals surface area (Å²) in [5, 5.41) is 5.08. The Morgan fingerprint density at radius 1 is 0.950 bits per heavy atom. The molecule has 0 saturated heterocycles. The van der Waals surface area contributed by atoms with Crippen molar-refractivity contribution in [2.45, 2.75) is 33.1 Å². The van der Waals surface area contributed by atoms with Crippen LogP contribution < -0.4 is 10.6 Å². The highest BCUT2D eigenvalue weighted by molar-refractivity contribution is 7.85. The molecule has 40 heavy (non-hydrogen) atoms. The average molecular weight is 571 g/mol. The zero-order valence-corrected chi connectivity index (χ0v) is 23.3. The third kappa shape index (κ3) is 9.69. The molecule has 3 rings (SSSR count). The van der Waals surface area contributed by atoms with E-state index in [1.165, 1.54) is 6.07 Å². The quantitative estimate of drug-likeness (QED) is 0.275. The fourth-order valence-corrected chi connectivity index (χ4v) is 4.13. The lowest BCUT2D eigenvalue weighted by Gasteiger charge is -2.18. The standard InChI is InChI=1S/C30H32F2N2O5S/c1-30(2,3)15-14-20-4-8-22(9-5-20)25(29(36)34-24-12-13-26(31)27(32)19-24)18-21-6-10-23(11-7-21)28(35)33-16-17-40(37,38)39/h4-15,19,25H,16-18H2,1-3H3,(H,33,35)(H,34,36)(H,37,38,39)/b15-14+. The second kappa shape index (κ2) is 13.0. The van der Waals surface area contributed by atoms with E-state index in [1.807, 2.05) is 30.3 Å². The molecule has 0 aliphatic rings. The number of hydrogen-bond acceptors (Lipinski definition) is 4. The van der Waals surface area contributed by atoms with E-state index in [-0.39, 0.29) is 29.6 Å². The summed E-state index contributed by atoms with van der Waals surface area (Å²) < 4.78 is 57.6. The highest BCUT2D eigenvalue weighted by Gasteiger charge is 2.22. The molecular weight excluding hydrogens is 538 g/mol. The van der Waals surface area contributed by atoms with E-state index in [4.69, 9.17) is 4.55 Å². The maximum atomic E-state index is 13.7. The molecule has 2 amide bonds. The van der Waals surface area contributed by atoms with Crippen molar-refractivity contribution in [3.8, 4) is 0 Å². The van der Waals surface area contributed by atoms with Crippen molar-refractivity contribution in [3.63, 3.8) is 0 Å². The van der Waals surface area contributed by atoms with Crippen molar-refractivity contribution in [3.05, 3.63) is 107 Å². The van der Waals surface area contributed by atoms with Crippen LogP contribution in [0.25, 0.3) is 6.08 Å². The summed E-state index contributed by atoms with van der Waals surface area (Å²) in [6.07, 6.45) is 4.33. The number of amides is 2. The van der Waals surface area contributed by atoms with Crippen LogP contribution in [0.3, 0.4) is 0 Å². The minimum Gasteiger partial charge on any atom is -0.351 e. The first-order valence-electron chi connectivity index (χ1n) is 12.6. The van der Waals surface area contributed by atoms with E-state index >= 15 is 0 Å². The molecule has 0 aromatic heterocycles. The van der Waals surface area contributed by atoms with Gasteiger partial charge in [0.05, 0.1) is 11.7 Å². The smallest absolute Gasteiger partial charge is 0.266 e. The number of allylic oxidation sites excluding steroid dienone is 1. The van der Waals surface area contributed by atoms with Crippen LogP contribution in [0.15, 0.2) is 72.8 Å². The van der Waals surface area contributed by atoms with Crippen molar-refractivity contribution in [1.82, 2.24) is 5.32 Å². The highest BCUT2D eigenvalue weighted by Crippen LogP contribution is 2.26. The Morgan fingerprint density at radius 2 is 1.60 bits per heavy atom. The molecule has 0 spiro atoms. The lowest BCUT2D eigenvalue weighted by molar-refractivity contribution is -0.117. The van der Waals surface area contributed by atoms with Gasteiger partial charge in [-0.3, -0.25) is 14.1 Å². The Kier molecular flexibility index (Phi) is 9.94. The first-order valence-corrected chi connectivity index (χ1v) is 14.2. The molecule has 0 radical (unpaired) electrons. The summed E-state index contributed by atoms with van der Waals surface area (Å²) in [5.74, 6) is -4.32. The molecule has 3 aromatic rings. The van der Waals surface area contributed by atoms with Gasteiger partial charge in [0, 0.05) is 23.9 Å². The van der Waals surface area contributed by atoms with E-state index in [0.29, 0.717) is 5.56 Å². The Balaban J connectivity index is 1.81. The molecule has 7 nitrogen and oxygen atoms in total. The molecule has 212 valence electrons. The van der Waals surface area contributed by atoms with Gasteiger partial charge in [0.1, 0.15) is 0 Å². The summed E-state index contributed by atoms with van der Waals surface area (Å²) in [6.45, 7) is 6.02. The monoisotopic (exact) mass is 570 g/mol. The second-order valence-corrected chi connectivity index (χ2v) is 12.1. The molecule has 10 heteroatoms. The number of anilines is 1. The highest BCUT2D eigenvalue weighted by atomic mass is 32.2. The van der Waals surface area contributed by atoms with Gasteiger partial charge in [0.15, 0.2) is 11.6 Å². The molecule has 1 atom stereocenters. The zero-order chi connectivity index (χ0) is 29.5. The number of carbonyl (C=O) groups excluding carboxylic acids is 2. The van der Waals surface area contributed by atoms with Crippen molar-refractivity contribution >= 4 is 33.7 Å². The van der Waals surface area contributed by atoms with E-state index in [9.17, 15) is 26.8 Å². The molecule has 3 N–H and O–H groups in total. The van der Waals surface area contributed by atoms with Crippen molar-refractivity contribution in [1.29, 1.82) is 0 Å². The molecule has 0 aliphatic carbocycles. The Bertz CT molecular complexity index is 1480. The van der Waals surface area contributed by atoms with Gasteiger partial charge in [-0.2, -0.15) is 8.42 Å². The van der Waals surface area contributed by atoms with Gasteiger partial charge in [0.25, 0.3) is 16.0 Å². The summed E-state index contributed by atoms with van der Waals surface area (Å²) in [6, 6.07) is 17.1. The molecule has 0 heterocycles. The summed E-state index contributed by atoms with van der Waals surface area (Å²) in [7, 11) is -4.19. The van der Waals surface area contributed by atoms with Gasteiger partial charge in [0.2, 0.25) is 5.91 Å². The number of rotatable bonds is 10. The number of nitrogens with one attached hydrogen (secondary N) is 2. The fraction of sp³-hybridized carbons (Fsp3) is 0.267. The third-order valence-electron chi connectivity index (χ3n) is 5.92. The van der Waals surface area contributed by atoms with Crippen LogP contribution in [-0.2, 0) is 21.3 Å². The molecule has 0 aliphatic heterocycles. The van der Waals surface area contributed by atoms with E-state index < -0.39 is 45.2 Å². The number of benzene rings is 3. The number of halogens is 2. The van der Waals surface area contributed by atoms with E-state index in [1.54, 1.807) is 24.3 Å². The van der Waals surface area contributed by atoms with Gasteiger partial charge in [-0.1, -0.05) is 69.3 Å². The summed E-state index contributed by atoms with van der Waals surface area (Å²) >= 11 is 0. The first-order chi connectivity index (χ1) is 18.7. The first kappa shape index (κ1) is 30.6. The van der Waals surface area contributed by atoms with Crippen LogP contribution in [0.4, 0.5) is 14.5 Å². The normalized spacial score (nSPS) is 12.8. The lowest BCUT2D eigenvalue weighted by Crippen LogP contribution is -2.28. The fourth-order valence-electron chi connectivity index (χ4n) is 3.77. The topological polar surface area (TPSA) is 113 Å². The van der Waals surface area contributed by atoms with Gasteiger partial charge in [-0.25, -0.2) is 8.78 Å². The number of carbonyl (C=O) groups is 2. The minimum absolute atomic E-state index is 0.00509. The van der Waals surface area contributed by atoms with Gasteiger partial charge < -0.3 is 10.6 Å². The maximum absolute atomic E-state index is 13.7. The SMILES string of the molecule is CC(C)(C)/C=C/c1ccc(C(Cc2ccc(C(=O)NCCS(=O)(=O)O)cc2)C(=O)Nc2ccc(F)c(F)c2)cc1. The Morgan fingerprint density at radius 3 is 2.17 bits per heavy atom. The number of hydrogen-bond donors (Lipinski definition) is 3. The van der Waals surface area contributed by atoms with Gasteiger partial charge >= 0.3 is 0 Å². The maximum Gasteiger partial charge on any atom is 0.266 e. The molecule has 0 fully saturated rings. The minimum atomic E-state index is -4.19. The predicted molar refractivity (Wildman–Crippen MR) is 152 cm³/mol. The molecule has 0 saturated carbocycles. The van der Waals surface area contributed by atoms with Crippen LogP contribution in [0.1, 0.15) is 53.7 Å². The molecule has 0 bridgehead atoms. The van der Waals surface area contributed by atoms with Crippen LogP contribution >= 0.6 is 0 Å². The van der Waals surface area contributed by atoms with Gasteiger partial charge in [-0.05, 0) is 52.8 Å². The summed E-state index contributed by atoms with van der Waals surface area (Å²) in [5.41, 5.74) is 2.80. The Hall–Kier alpha value is -3.89. The molecular formula is C30H32F2N2O5S. The molecule has 1 unspecified atom stereocenters. The zero-order valence-electron chi connectivity index (χ0n) is 22.4. The van der Waals surface area contributed by atoms with Crippen LogP contribution in [0.2, 0.25) is 0 Å². The largest absolute Gasteiger partial charge is 0.351 e. The lowest BCUT2D eigenvalue weighted by atomic mass is 9.89. The van der Waals surface area contributed by atoms with Crippen molar-refractivity contribution in [2.24, 2.45) is 5.41 Å². The van der Waals surface area contributed by atoms with Crippen molar-refractivity contribution in [2.75, 3.05) is 17.6 Å². The van der Waals surface area contributed by atoms with Crippen LogP contribution in [0.5, 0.6) is 0 Å². The third-order valence-corrected chi connectivity index (χ3v) is 6.64. The summed E-state index contributed by atoms with van der Waals surface area (Å²) in [4.78, 5) is 25.6. The molecule has 3 aromatic carbocycles. The predicted octanol–water partition coefficient (Wildman–Crippen LogP) is 5.61.